The number of benzene rings is 1. The number of carbonyl (C=O) groups excluding carboxylic acids is 1. The first-order valence-electron chi connectivity index (χ1n) is 9.00. The van der Waals surface area contributed by atoms with Crippen LogP contribution in [0, 0.1) is 0 Å². The van der Waals surface area contributed by atoms with Gasteiger partial charge in [-0.05, 0) is 19.3 Å². The van der Waals surface area contributed by atoms with E-state index in [1.54, 1.807) is 6.20 Å². The first-order chi connectivity index (χ1) is 12.8. The maximum atomic E-state index is 13.0. The molecule has 7 nitrogen and oxygen atoms in total. The van der Waals surface area contributed by atoms with E-state index in [9.17, 15) is 4.79 Å². The predicted molar refractivity (Wildman–Crippen MR) is 95.3 cm³/mol. The Morgan fingerprint density at radius 1 is 1.35 bits per heavy atom. The number of amides is 1. The van der Waals surface area contributed by atoms with Crippen LogP contribution in [0.25, 0.3) is 11.4 Å². The number of H-pyrrole nitrogens is 1. The zero-order chi connectivity index (χ0) is 17.9. The van der Waals surface area contributed by atoms with Crippen molar-refractivity contribution in [2.24, 2.45) is 0 Å². The number of aromatic nitrogens is 4. The lowest BCUT2D eigenvalue weighted by Gasteiger charge is -2.21. The van der Waals surface area contributed by atoms with Crippen molar-refractivity contribution in [3.63, 3.8) is 0 Å². The van der Waals surface area contributed by atoms with E-state index in [2.05, 4.69) is 27.3 Å². The molecule has 1 aromatic carbocycles. The Hall–Kier alpha value is -2.96. The second-order valence-corrected chi connectivity index (χ2v) is 6.49. The van der Waals surface area contributed by atoms with Crippen LogP contribution >= 0.6 is 0 Å². The maximum Gasteiger partial charge on any atom is 0.258 e. The van der Waals surface area contributed by atoms with Gasteiger partial charge in [-0.25, -0.2) is 0 Å². The molecule has 1 aliphatic heterocycles. The molecular weight excluding hydrogens is 330 g/mol. The third-order valence-electron chi connectivity index (χ3n) is 4.72. The summed E-state index contributed by atoms with van der Waals surface area (Å²) in [7, 11) is 0. The van der Waals surface area contributed by atoms with Crippen molar-refractivity contribution in [2.45, 2.75) is 38.6 Å². The van der Waals surface area contributed by atoms with Crippen molar-refractivity contribution >= 4 is 5.91 Å². The number of hydrogen-bond donors (Lipinski definition) is 1. The second-order valence-electron chi connectivity index (χ2n) is 6.49. The number of likely N-dealkylation sites (tertiary alicyclic amines) is 1. The fourth-order valence-electron chi connectivity index (χ4n) is 3.43. The number of aromatic amines is 1. The average Bonchev–Trinajstić information content (AvgIpc) is 3.42. The molecule has 3 heterocycles. The highest BCUT2D eigenvalue weighted by molar-refractivity contribution is 5.95. The van der Waals surface area contributed by atoms with E-state index in [0.717, 1.165) is 36.9 Å². The molecule has 1 amide bonds. The molecule has 7 heteroatoms. The van der Waals surface area contributed by atoms with E-state index in [1.807, 2.05) is 35.2 Å². The maximum absolute atomic E-state index is 13.0. The van der Waals surface area contributed by atoms with Gasteiger partial charge in [-0.2, -0.15) is 10.1 Å². The second kappa shape index (κ2) is 7.11. The molecule has 0 saturated carbocycles. The topological polar surface area (TPSA) is 87.9 Å². The van der Waals surface area contributed by atoms with Gasteiger partial charge in [0.05, 0.1) is 11.8 Å². The lowest BCUT2D eigenvalue weighted by atomic mass is 10.1. The number of hydrogen-bond acceptors (Lipinski definition) is 5. The zero-order valence-corrected chi connectivity index (χ0v) is 14.7. The van der Waals surface area contributed by atoms with Crippen molar-refractivity contribution in [1.29, 1.82) is 0 Å². The lowest BCUT2D eigenvalue weighted by molar-refractivity contribution is 0.0709. The smallest absolute Gasteiger partial charge is 0.258 e. The van der Waals surface area contributed by atoms with E-state index in [4.69, 9.17) is 4.52 Å². The standard InChI is InChI=1S/C19H21N5O2/c1-2-7-15-14(12-20-22-15)19(25)24-11-6-10-16(24)18-21-17(23-26-18)13-8-4-3-5-9-13/h3-5,8-9,12,16H,2,6-7,10-11H2,1H3,(H,20,22). The molecular formula is C19H21N5O2. The fourth-order valence-corrected chi connectivity index (χ4v) is 3.43. The predicted octanol–water partition coefficient (Wildman–Crippen LogP) is 3.39. The quantitative estimate of drug-likeness (QED) is 0.761. The van der Waals surface area contributed by atoms with Gasteiger partial charge in [-0.1, -0.05) is 48.8 Å². The van der Waals surface area contributed by atoms with Gasteiger partial charge in [0.25, 0.3) is 5.91 Å². The molecule has 1 atom stereocenters. The molecule has 4 rings (SSSR count). The van der Waals surface area contributed by atoms with Gasteiger partial charge in [0.1, 0.15) is 6.04 Å². The Balaban J connectivity index is 1.58. The molecule has 26 heavy (non-hydrogen) atoms. The number of carbonyl (C=O) groups is 1. The largest absolute Gasteiger partial charge is 0.337 e. The Bertz CT molecular complexity index is 886. The third kappa shape index (κ3) is 3.00. The minimum absolute atomic E-state index is 0.0239. The van der Waals surface area contributed by atoms with E-state index < -0.39 is 0 Å². The van der Waals surface area contributed by atoms with Gasteiger partial charge in [-0.15, -0.1) is 0 Å². The zero-order valence-electron chi connectivity index (χ0n) is 14.7. The van der Waals surface area contributed by atoms with Crippen molar-refractivity contribution in [3.8, 4) is 11.4 Å². The molecule has 0 spiro atoms. The van der Waals surface area contributed by atoms with Gasteiger partial charge < -0.3 is 9.42 Å². The van der Waals surface area contributed by atoms with Crippen LogP contribution in [0.2, 0.25) is 0 Å². The Morgan fingerprint density at radius 2 is 2.19 bits per heavy atom. The highest BCUT2D eigenvalue weighted by Gasteiger charge is 2.35. The van der Waals surface area contributed by atoms with Crippen LogP contribution in [0.1, 0.15) is 54.2 Å². The molecule has 3 aromatic rings. The summed E-state index contributed by atoms with van der Waals surface area (Å²) in [4.78, 5) is 19.4. The number of aryl methyl sites for hydroxylation is 1. The molecule has 1 saturated heterocycles. The van der Waals surface area contributed by atoms with Crippen molar-refractivity contribution in [2.75, 3.05) is 6.54 Å². The van der Waals surface area contributed by atoms with E-state index in [-0.39, 0.29) is 11.9 Å². The van der Waals surface area contributed by atoms with Crippen LogP contribution in [-0.2, 0) is 6.42 Å². The first kappa shape index (κ1) is 16.5. The first-order valence-corrected chi connectivity index (χ1v) is 9.00. The summed E-state index contributed by atoms with van der Waals surface area (Å²) in [6.45, 7) is 2.76. The Morgan fingerprint density at radius 3 is 3.00 bits per heavy atom. The van der Waals surface area contributed by atoms with Crippen LogP contribution < -0.4 is 0 Å². The minimum Gasteiger partial charge on any atom is -0.337 e. The number of nitrogens with one attached hydrogen (secondary N) is 1. The molecule has 0 aliphatic carbocycles. The van der Waals surface area contributed by atoms with Crippen molar-refractivity contribution in [1.82, 2.24) is 25.2 Å². The van der Waals surface area contributed by atoms with Crippen LogP contribution in [0.3, 0.4) is 0 Å². The van der Waals surface area contributed by atoms with Crippen LogP contribution in [0.15, 0.2) is 41.1 Å². The highest BCUT2D eigenvalue weighted by Crippen LogP contribution is 2.33. The summed E-state index contributed by atoms with van der Waals surface area (Å²) in [5.41, 5.74) is 2.43. The third-order valence-corrected chi connectivity index (χ3v) is 4.72. The highest BCUT2D eigenvalue weighted by atomic mass is 16.5. The molecule has 134 valence electrons. The van der Waals surface area contributed by atoms with E-state index >= 15 is 0 Å². The van der Waals surface area contributed by atoms with Gasteiger partial charge in [0.15, 0.2) is 0 Å². The van der Waals surface area contributed by atoms with Crippen molar-refractivity contribution < 1.29 is 9.32 Å². The van der Waals surface area contributed by atoms with Gasteiger partial charge in [-0.3, -0.25) is 9.89 Å². The van der Waals surface area contributed by atoms with Crippen LogP contribution in [0.4, 0.5) is 0 Å². The van der Waals surface area contributed by atoms with Gasteiger partial charge in [0, 0.05) is 17.8 Å². The summed E-state index contributed by atoms with van der Waals surface area (Å²) in [5, 5.41) is 11.1. The molecule has 1 aliphatic rings. The summed E-state index contributed by atoms with van der Waals surface area (Å²) < 4.78 is 5.50. The summed E-state index contributed by atoms with van der Waals surface area (Å²) >= 11 is 0. The average molecular weight is 351 g/mol. The van der Waals surface area contributed by atoms with E-state index in [0.29, 0.717) is 23.8 Å². The molecule has 0 radical (unpaired) electrons. The summed E-state index contributed by atoms with van der Waals surface area (Å²) in [6, 6.07) is 9.51. The molecule has 1 fully saturated rings. The molecule has 2 aromatic heterocycles. The lowest BCUT2D eigenvalue weighted by Crippen LogP contribution is -2.31. The number of nitrogens with zero attached hydrogens (tertiary/aromatic N) is 4. The summed E-state index contributed by atoms with van der Waals surface area (Å²) in [5.74, 6) is 1.02. The SMILES string of the molecule is CCCc1[nH]ncc1C(=O)N1CCCC1c1nc(-c2ccccc2)no1. The minimum atomic E-state index is -0.183. The molecule has 0 bridgehead atoms. The van der Waals surface area contributed by atoms with Crippen LogP contribution in [0.5, 0.6) is 0 Å². The molecule has 1 unspecified atom stereocenters. The molecule has 1 N–H and O–H groups in total. The van der Waals surface area contributed by atoms with E-state index in [1.165, 1.54) is 0 Å². The Labute approximate surface area is 151 Å². The summed E-state index contributed by atoms with van der Waals surface area (Å²) in [6.07, 6.45) is 5.11. The van der Waals surface area contributed by atoms with Crippen LogP contribution in [-0.4, -0.2) is 37.7 Å². The number of rotatable bonds is 5. The van der Waals surface area contributed by atoms with Gasteiger partial charge in [0.2, 0.25) is 11.7 Å². The monoisotopic (exact) mass is 351 g/mol. The fraction of sp³-hybridized carbons (Fsp3) is 0.368. The Kier molecular flexibility index (Phi) is 4.51. The van der Waals surface area contributed by atoms with Crippen molar-refractivity contribution in [3.05, 3.63) is 53.7 Å². The normalized spacial score (nSPS) is 17.0. The van der Waals surface area contributed by atoms with Gasteiger partial charge >= 0.3 is 0 Å².